The van der Waals surface area contributed by atoms with Crippen LogP contribution in [0.4, 0.5) is 0 Å². The third kappa shape index (κ3) is 2.84. The molecule has 0 unspecified atom stereocenters. The minimum absolute atomic E-state index is 0.380. The van der Waals surface area contributed by atoms with Gasteiger partial charge in [0.25, 0.3) is 0 Å². The summed E-state index contributed by atoms with van der Waals surface area (Å²) >= 11 is 0. The number of rotatable bonds is 6. The van der Waals surface area contributed by atoms with Gasteiger partial charge in [-0.15, -0.1) is 5.10 Å². The van der Waals surface area contributed by atoms with E-state index in [0.29, 0.717) is 5.69 Å². The molecule has 5 nitrogen and oxygen atoms in total. The van der Waals surface area contributed by atoms with Crippen molar-refractivity contribution in [2.75, 3.05) is 7.11 Å². The van der Waals surface area contributed by atoms with Gasteiger partial charge in [0.2, 0.25) is 0 Å². The third-order valence-corrected chi connectivity index (χ3v) is 3.15. The van der Waals surface area contributed by atoms with Gasteiger partial charge in [-0.1, -0.05) is 31.4 Å². The largest absolute Gasteiger partial charge is 0.464 e. The molecule has 0 radical (unpaired) electrons. The molecule has 2 rings (SSSR count). The first-order chi connectivity index (χ1) is 8.26. The van der Waals surface area contributed by atoms with Crippen LogP contribution in [0.2, 0.25) is 0 Å². The minimum Gasteiger partial charge on any atom is -0.464 e. The normalized spacial score (nSPS) is 14.9. The highest BCUT2D eigenvalue weighted by atomic mass is 16.5. The zero-order valence-electron chi connectivity index (χ0n) is 10.5. The summed E-state index contributed by atoms with van der Waals surface area (Å²) in [4.78, 5) is 11.5. The summed E-state index contributed by atoms with van der Waals surface area (Å²) in [6, 6.07) is 0. The zero-order chi connectivity index (χ0) is 12.3. The highest BCUT2D eigenvalue weighted by Crippen LogP contribution is 2.32. The number of esters is 1. The number of hydrogen-bond donors (Lipinski definition) is 0. The van der Waals surface area contributed by atoms with Gasteiger partial charge in [0.05, 0.1) is 12.8 Å². The quantitative estimate of drug-likeness (QED) is 0.708. The second-order valence-corrected chi connectivity index (χ2v) is 4.58. The van der Waals surface area contributed by atoms with Crippen LogP contribution < -0.4 is 0 Å². The molecule has 17 heavy (non-hydrogen) atoms. The molecule has 0 N–H and O–H groups in total. The Kier molecular flexibility index (Phi) is 3.76. The standard InChI is InChI=1S/C12H19N3O2/c1-3-4-10-11(12(16)17-2)13-14-15(10)8-7-9-5-6-9/h9H,3-8H2,1-2H3. The number of aryl methyl sites for hydroxylation is 1. The Morgan fingerprint density at radius 1 is 1.53 bits per heavy atom. The molecule has 1 aromatic heterocycles. The van der Waals surface area contributed by atoms with E-state index in [1.807, 2.05) is 4.68 Å². The van der Waals surface area contributed by atoms with E-state index in [4.69, 9.17) is 4.74 Å². The fourth-order valence-electron chi connectivity index (χ4n) is 1.96. The third-order valence-electron chi connectivity index (χ3n) is 3.15. The average molecular weight is 237 g/mol. The second kappa shape index (κ2) is 5.29. The molecule has 0 saturated heterocycles. The Bertz CT molecular complexity index is 396. The zero-order valence-corrected chi connectivity index (χ0v) is 10.5. The number of hydrogen-bond acceptors (Lipinski definition) is 4. The number of methoxy groups -OCH3 is 1. The molecule has 1 heterocycles. The van der Waals surface area contributed by atoms with E-state index in [1.54, 1.807) is 0 Å². The molecule has 0 atom stereocenters. The maximum Gasteiger partial charge on any atom is 0.360 e. The van der Waals surface area contributed by atoms with Crippen LogP contribution in [0, 0.1) is 5.92 Å². The highest BCUT2D eigenvalue weighted by molar-refractivity contribution is 5.88. The molecule has 1 saturated carbocycles. The van der Waals surface area contributed by atoms with Gasteiger partial charge < -0.3 is 4.74 Å². The molecule has 5 heteroatoms. The fraction of sp³-hybridized carbons (Fsp3) is 0.750. The van der Waals surface area contributed by atoms with Crippen LogP contribution in [0.1, 0.15) is 48.8 Å². The van der Waals surface area contributed by atoms with Gasteiger partial charge in [0, 0.05) is 6.54 Å². The Morgan fingerprint density at radius 3 is 2.88 bits per heavy atom. The molecule has 0 bridgehead atoms. The average Bonchev–Trinajstić information content (AvgIpc) is 3.09. The molecule has 1 aliphatic rings. The van der Waals surface area contributed by atoms with Gasteiger partial charge in [-0.05, 0) is 18.8 Å². The van der Waals surface area contributed by atoms with E-state index in [0.717, 1.165) is 37.4 Å². The van der Waals surface area contributed by atoms with Crippen LogP contribution in [0.3, 0.4) is 0 Å². The minimum atomic E-state index is -0.383. The smallest absolute Gasteiger partial charge is 0.360 e. The molecule has 0 aliphatic heterocycles. The van der Waals surface area contributed by atoms with Crippen LogP contribution in [0.5, 0.6) is 0 Å². The first kappa shape index (κ1) is 12.1. The van der Waals surface area contributed by atoms with Crippen LogP contribution in [0.15, 0.2) is 0 Å². The lowest BCUT2D eigenvalue weighted by atomic mass is 10.2. The molecular weight excluding hydrogens is 218 g/mol. The van der Waals surface area contributed by atoms with Crippen LogP contribution in [-0.2, 0) is 17.7 Å². The van der Waals surface area contributed by atoms with Crippen LogP contribution >= 0.6 is 0 Å². The summed E-state index contributed by atoms with van der Waals surface area (Å²) in [6.45, 7) is 2.95. The first-order valence-corrected chi connectivity index (χ1v) is 6.27. The Morgan fingerprint density at radius 2 is 2.29 bits per heavy atom. The summed E-state index contributed by atoms with van der Waals surface area (Å²) in [5, 5.41) is 8.01. The summed E-state index contributed by atoms with van der Waals surface area (Å²) in [7, 11) is 1.38. The first-order valence-electron chi connectivity index (χ1n) is 6.27. The SMILES string of the molecule is CCCc1c(C(=O)OC)nnn1CCC1CC1. The highest BCUT2D eigenvalue weighted by Gasteiger charge is 2.23. The van der Waals surface area contributed by atoms with Gasteiger partial charge in [0.1, 0.15) is 0 Å². The summed E-state index contributed by atoms with van der Waals surface area (Å²) in [6.07, 6.45) is 5.60. The van der Waals surface area contributed by atoms with Gasteiger partial charge in [-0.3, -0.25) is 0 Å². The van der Waals surface area contributed by atoms with Crippen molar-refractivity contribution < 1.29 is 9.53 Å². The van der Waals surface area contributed by atoms with E-state index in [9.17, 15) is 4.79 Å². The predicted octanol–water partition coefficient (Wildman–Crippen LogP) is 1.82. The lowest BCUT2D eigenvalue weighted by molar-refractivity contribution is 0.0592. The lowest BCUT2D eigenvalue weighted by Crippen LogP contribution is -2.10. The Labute approximate surface area is 101 Å². The van der Waals surface area contributed by atoms with E-state index >= 15 is 0 Å². The van der Waals surface area contributed by atoms with Crippen LogP contribution in [-0.4, -0.2) is 28.1 Å². The van der Waals surface area contributed by atoms with Gasteiger partial charge in [0.15, 0.2) is 5.69 Å². The monoisotopic (exact) mass is 237 g/mol. The molecule has 94 valence electrons. The van der Waals surface area contributed by atoms with Crippen molar-refractivity contribution in [3.63, 3.8) is 0 Å². The number of nitrogens with zero attached hydrogens (tertiary/aromatic N) is 3. The Balaban J connectivity index is 2.12. The molecule has 1 aliphatic carbocycles. The summed E-state index contributed by atoms with van der Waals surface area (Å²) < 4.78 is 6.59. The number of aromatic nitrogens is 3. The molecule has 1 aromatic rings. The molecule has 0 spiro atoms. The second-order valence-electron chi connectivity index (χ2n) is 4.58. The van der Waals surface area contributed by atoms with E-state index in [2.05, 4.69) is 17.2 Å². The lowest BCUT2D eigenvalue weighted by Gasteiger charge is -2.05. The summed E-state index contributed by atoms with van der Waals surface area (Å²) in [5.74, 6) is 0.473. The van der Waals surface area contributed by atoms with E-state index in [-0.39, 0.29) is 5.97 Å². The van der Waals surface area contributed by atoms with Crippen LogP contribution in [0.25, 0.3) is 0 Å². The van der Waals surface area contributed by atoms with Crippen molar-refractivity contribution in [3.8, 4) is 0 Å². The Hall–Kier alpha value is -1.39. The maximum atomic E-state index is 11.5. The molecule has 1 fully saturated rings. The van der Waals surface area contributed by atoms with Gasteiger partial charge in [-0.25, -0.2) is 9.48 Å². The van der Waals surface area contributed by atoms with Gasteiger partial charge >= 0.3 is 5.97 Å². The predicted molar refractivity (Wildman–Crippen MR) is 62.7 cm³/mol. The van der Waals surface area contributed by atoms with Crippen molar-refractivity contribution in [1.29, 1.82) is 0 Å². The maximum absolute atomic E-state index is 11.5. The van der Waals surface area contributed by atoms with Crippen molar-refractivity contribution in [2.24, 2.45) is 5.92 Å². The number of carbonyl (C=O) groups excluding carboxylic acids is 1. The van der Waals surface area contributed by atoms with Gasteiger partial charge in [-0.2, -0.15) is 0 Å². The van der Waals surface area contributed by atoms with Crippen molar-refractivity contribution in [1.82, 2.24) is 15.0 Å². The topological polar surface area (TPSA) is 57.0 Å². The number of ether oxygens (including phenoxy) is 1. The van der Waals surface area contributed by atoms with E-state index in [1.165, 1.54) is 20.0 Å². The van der Waals surface area contributed by atoms with E-state index < -0.39 is 0 Å². The molecule has 0 aromatic carbocycles. The van der Waals surface area contributed by atoms with Crippen molar-refractivity contribution in [2.45, 2.75) is 45.6 Å². The fourth-order valence-corrected chi connectivity index (χ4v) is 1.96. The summed E-state index contributed by atoms with van der Waals surface area (Å²) in [5.41, 5.74) is 1.30. The van der Waals surface area contributed by atoms with Crippen molar-refractivity contribution in [3.05, 3.63) is 11.4 Å². The molecular formula is C12H19N3O2. The van der Waals surface area contributed by atoms with Crippen molar-refractivity contribution >= 4 is 5.97 Å². The molecule has 0 amide bonds. The number of carbonyl (C=O) groups is 1.